The molecule has 0 fully saturated rings. The quantitative estimate of drug-likeness (QED) is 0.780. The largest absolute Gasteiger partial charge is 0.383 e. The maximum atomic E-state index is 11.1. The van der Waals surface area contributed by atoms with E-state index in [4.69, 9.17) is 10.5 Å². The number of carbonyl (C=O) groups excluding carboxylic acids is 1. The van der Waals surface area contributed by atoms with E-state index in [2.05, 4.69) is 10.3 Å². The number of aromatic nitrogens is 1. The summed E-state index contributed by atoms with van der Waals surface area (Å²) in [6.45, 7) is 1.33. The number of nitrogens with two attached hydrogens (primary N) is 1. The summed E-state index contributed by atoms with van der Waals surface area (Å²) in [6, 6.07) is 8.98. The van der Waals surface area contributed by atoms with Gasteiger partial charge >= 0.3 is 0 Å². The summed E-state index contributed by atoms with van der Waals surface area (Å²) < 4.78 is 4.95. The van der Waals surface area contributed by atoms with Crippen molar-refractivity contribution >= 4 is 22.6 Å². The minimum Gasteiger partial charge on any atom is -0.383 e. The molecule has 1 heterocycles. The Kier molecular flexibility index (Phi) is 3.74. The molecular weight excluding hydrogens is 230 g/mol. The van der Waals surface area contributed by atoms with Gasteiger partial charge in [-0.05, 0) is 30.3 Å². The van der Waals surface area contributed by atoms with Gasteiger partial charge in [0.2, 0.25) is 5.91 Å². The van der Waals surface area contributed by atoms with Gasteiger partial charge in [-0.15, -0.1) is 0 Å². The third-order valence-electron chi connectivity index (χ3n) is 2.59. The third-order valence-corrected chi connectivity index (χ3v) is 2.59. The first kappa shape index (κ1) is 12.3. The van der Waals surface area contributed by atoms with Gasteiger partial charge in [0.05, 0.1) is 12.1 Å². The molecule has 2 aromatic rings. The van der Waals surface area contributed by atoms with E-state index < -0.39 is 5.91 Å². The van der Waals surface area contributed by atoms with Gasteiger partial charge in [0.25, 0.3) is 0 Å². The highest BCUT2D eigenvalue weighted by molar-refractivity contribution is 5.97. The van der Waals surface area contributed by atoms with Gasteiger partial charge < -0.3 is 15.8 Å². The van der Waals surface area contributed by atoms with Crippen molar-refractivity contribution in [2.24, 2.45) is 5.73 Å². The number of fused-ring (bicyclic) bond motifs is 1. The number of rotatable bonds is 5. The molecule has 2 rings (SSSR count). The number of pyridine rings is 1. The van der Waals surface area contributed by atoms with Crippen LogP contribution >= 0.6 is 0 Å². The highest BCUT2D eigenvalue weighted by Gasteiger charge is 2.03. The van der Waals surface area contributed by atoms with Crippen LogP contribution in [0.1, 0.15) is 10.4 Å². The number of anilines is 1. The highest BCUT2D eigenvalue weighted by atomic mass is 16.5. The molecule has 0 aliphatic rings. The fraction of sp³-hybridized carbons (Fsp3) is 0.231. The monoisotopic (exact) mass is 245 g/mol. The second kappa shape index (κ2) is 5.46. The lowest BCUT2D eigenvalue weighted by atomic mass is 10.1. The van der Waals surface area contributed by atoms with Crippen molar-refractivity contribution in [2.45, 2.75) is 0 Å². The fourth-order valence-corrected chi connectivity index (χ4v) is 1.66. The summed E-state index contributed by atoms with van der Waals surface area (Å²) in [6.07, 6.45) is 0. The van der Waals surface area contributed by atoms with Crippen molar-refractivity contribution in [2.75, 3.05) is 25.6 Å². The predicted octanol–water partition coefficient (Wildman–Crippen LogP) is 1.39. The maximum absolute atomic E-state index is 11.1. The van der Waals surface area contributed by atoms with Gasteiger partial charge in [-0.2, -0.15) is 0 Å². The Morgan fingerprint density at radius 2 is 2.22 bits per heavy atom. The van der Waals surface area contributed by atoms with Crippen LogP contribution in [0, 0.1) is 0 Å². The van der Waals surface area contributed by atoms with Gasteiger partial charge in [0, 0.05) is 24.6 Å². The second-order valence-electron chi connectivity index (χ2n) is 3.89. The van der Waals surface area contributed by atoms with E-state index in [-0.39, 0.29) is 0 Å². The first-order valence-electron chi connectivity index (χ1n) is 5.64. The zero-order valence-electron chi connectivity index (χ0n) is 10.1. The number of ether oxygens (including phenoxy) is 1. The highest BCUT2D eigenvalue weighted by Crippen LogP contribution is 2.16. The number of nitrogens with zero attached hydrogens (tertiary/aromatic N) is 1. The molecule has 0 radical (unpaired) electrons. The molecule has 0 spiro atoms. The molecule has 18 heavy (non-hydrogen) atoms. The minimum absolute atomic E-state index is 0.431. The maximum Gasteiger partial charge on any atom is 0.248 e. The van der Waals surface area contributed by atoms with Crippen LogP contribution in [-0.4, -0.2) is 31.2 Å². The van der Waals surface area contributed by atoms with Crippen molar-refractivity contribution in [3.63, 3.8) is 0 Å². The van der Waals surface area contributed by atoms with Crippen LogP contribution < -0.4 is 11.1 Å². The fourth-order valence-electron chi connectivity index (χ4n) is 1.66. The average molecular weight is 245 g/mol. The summed E-state index contributed by atoms with van der Waals surface area (Å²) in [7, 11) is 1.65. The third kappa shape index (κ3) is 2.75. The lowest BCUT2D eigenvalue weighted by Crippen LogP contribution is -2.11. The minimum atomic E-state index is -0.431. The zero-order chi connectivity index (χ0) is 13.0. The summed E-state index contributed by atoms with van der Waals surface area (Å²) in [4.78, 5) is 15.5. The van der Waals surface area contributed by atoms with Crippen LogP contribution in [0.5, 0.6) is 0 Å². The van der Waals surface area contributed by atoms with Gasteiger partial charge in [-0.25, -0.2) is 4.98 Å². The van der Waals surface area contributed by atoms with Gasteiger partial charge in [-0.1, -0.05) is 0 Å². The Hall–Kier alpha value is -2.14. The second-order valence-corrected chi connectivity index (χ2v) is 3.89. The molecule has 0 aliphatic carbocycles. The average Bonchev–Trinajstić information content (AvgIpc) is 2.38. The molecule has 3 N–H and O–H groups in total. The molecule has 0 unspecified atom stereocenters. The van der Waals surface area contributed by atoms with E-state index in [1.807, 2.05) is 12.1 Å². The summed E-state index contributed by atoms with van der Waals surface area (Å²) in [5.74, 6) is 0.352. The number of primary amides is 1. The predicted molar refractivity (Wildman–Crippen MR) is 70.6 cm³/mol. The standard InChI is InChI=1S/C13H15N3O2/c1-18-7-6-15-12-5-3-9-8-10(13(14)17)2-4-11(9)16-12/h2-5,8H,6-7H2,1H3,(H2,14,17)(H,15,16). The van der Waals surface area contributed by atoms with Crippen molar-refractivity contribution in [1.29, 1.82) is 0 Å². The number of hydrogen-bond acceptors (Lipinski definition) is 4. The van der Waals surface area contributed by atoms with E-state index >= 15 is 0 Å². The van der Waals surface area contributed by atoms with Crippen LogP contribution in [0.25, 0.3) is 10.9 Å². The van der Waals surface area contributed by atoms with Gasteiger partial charge in [0.15, 0.2) is 0 Å². The number of benzene rings is 1. The molecule has 0 bridgehead atoms. The molecule has 5 nitrogen and oxygen atoms in total. The van der Waals surface area contributed by atoms with E-state index in [0.717, 1.165) is 16.7 Å². The van der Waals surface area contributed by atoms with Gasteiger partial charge in [-0.3, -0.25) is 4.79 Å². The Morgan fingerprint density at radius 3 is 2.94 bits per heavy atom. The molecule has 0 saturated carbocycles. The summed E-state index contributed by atoms with van der Waals surface area (Å²) in [5, 5.41) is 4.04. The molecule has 1 aromatic heterocycles. The Morgan fingerprint density at radius 1 is 1.39 bits per heavy atom. The number of methoxy groups -OCH3 is 1. The molecule has 0 saturated heterocycles. The smallest absolute Gasteiger partial charge is 0.248 e. The Bertz CT molecular complexity index is 569. The first-order valence-corrected chi connectivity index (χ1v) is 5.64. The van der Waals surface area contributed by atoms with Crippen LogP contribution in [0.3, 0.4) is 0 Å². The SMILES string of the molecule is COCCNc1ccc2cc(C(N)=O)ccc2n1. The van der Waals surface area contributed by atoms with Crippen LogP contribution in [-0.2, 0) is 4.74 Å². The Labute approximate surface area is 105 Å². The van der Waals surface area contributed by atoms with E-state index in [9.17, 15) is 4.79 Å². The molecule has 0 aliphatic heterocycles. The molecule has 0 atom stereocenters. The van der Waals surface area contributed by atoms with Crippen LogP contribution in [0.2, 0.25) is 0 Å². The molecular formula is C13H15N3O2. The van der Waals surface area contributed by atoms with Crippen molar-refractivity contribution in [3.8, 4) is 0 Å². The molecule has 1 amide bonds. The van der Waals surface area contributed by atoms with E-state index in [0.29, 0.717) is 18.7 Å². The number of amides is 1. The normalized spacial score (nSPS) is 10.5. The lowest BCUT2D eigenvalue weighted by Gasteiger charge is -2.06. The van der Waals surface area contributed by atoms with Crippen LogP contribution in [0.4, 0.5) is 5.82 Å². The number of carbonyl (C=O) groups is 1. The summed E-state index contributed by atoms with van der Waals surface area (Å²) >= 11 is 0. The zero-order valence-corrected chi connectivity index (χ0v) is 10.1. The molecule has 5 heteroatoms. The van der Waals surface area contributed by atoms with Crippen molar-refractivity contribution < 1.29 is 9.53 Å². The van der Waals surface area contributed by atoms with Crippen molar-refractivity contribution in [1.82, 2.24) is 4.98 Å². The number of nitrogens with one attached hydrogen (secondary N) is 1. The molecule has 1 aromatic carbocycles. The van der Waals surface area contributed by atoms with Crippen LogP contribution in [0.15, 0.2) is 30.3 Å². The molecule has 94 valence electrons. The van der Waals surface area contributed by atoms with E-state index in [1.54, 1.807) is 25.3 Å². The topological polar surface area (TPSA) is 77.2 Å². The van der Waals surface area contributed by atoms with Gasteiger partial charge in [0.1, 0.15) is 5.82 Å². The van der Waals surface area contributed by atoms with Crippen molar-refractivity contribution in [3.05, 3.63) is 35.9 Å². The number of hydrogen-bond donors (Lipinski definition) is 2. The van der Waals surface area contributed by atoms with E-state index in [1.165, 1.54) is 0 Å². The lowest BCUT2D eigenvalue weighted by molar-refractivity contribution is 0.100. The first-order chi connectivity index (χ1) is 8.70. The summed E-state index contributed by atoms with van der Waals surface area (Å²) in [5.41, 5.74) is 6.54. The Balaban J connectivity index is 2.24.